The van der Waals surface area contributed by atoms with Crippen LogP contribution >= 0.6 is 22.9 Å². The minimum absolute atomic E-state index is 0.114. The highest BCUT2D eigenvalue weighted by Gasteiger charge is 2.27. The first-order valence-electron chi connectivity index (χ1n) is 9.27. The van der Waals surface area contributed by atoms with Gasteiger partial charge in [-0.2, -0.15) is 5.26 Å². The number of carbonyl (C=O) groups is 1. The van der Waals surface area contributed by atoms with Crippen LogP contribution in [-0.2, 0) is 4.79 Å². The minimum atomic E-state index is -0.201. The van der Waals surface area contributed by atoms with Gasteiger partial charge in [-0.05, 0) is 54.6 Å². The molecule has 6 nitrogen and oxygen atoms in total. The molecule has 1 aliphatic heterocycles. The molecule has 1 amide bonds. The van der Waals surface area contributed by atoms with Gasteiger partial charge in [0, 0.05) is 18.1 Å². The van der Waals surface area contributed by atoms with Crippen molar-refractivity contribution in [2.24, 2.45) is 5.92 Å². The number of rotatable bonds is 4. The largest absolute Gasteiger partial charge is 0.354 e. The number of thiophene rings is 1. The number of piperidine rings is 1. The summed E-state index contributed by atoms with van der Waals surface area (Å²) in [6, 6.07) is 14.8. The predicted molar refractivity (Wildman–Crippen MR) is 115 cm³/mol. The first-order chi connectivity index (χ1) is 14.1. The summed E-state index contributed by atoms with van der Waals surface area (Å²) in [4.78, 5) is 16.0. The third-order valence-electron chi connectivity index (χ3n) is 4.90. The van der Waals surface area contributed by atoms with Crippen molar-refractivity contribution in [3.63, 3.8) is 0 Å². The van der Waals surface area contributed by atoms with Crippen molar-refractivity contribution in [3.05, 3.63) is 58.4 Å². The monoisotopic (exact) mass is 423 g/mol. The molecule has 1 fully saturated rings. The van der Waals surface area contributed by atoms with Gasteiger partial charge in [0.05, 0.1) is 22.0 Å². The summed E-state index contributed by atoms with van der Waals surface area (Å²) < 4.78 is 0. The number of hydrogen-bond donors (Lipinski definition) is 1. The van der Waals surface area contributed by atoms with Crippen LogP contribution in [0.5, 0.6) is 0 Å². The second-order valence-electron chi connectivity index (χ2n) is 6.83. The predicted octanol–water partition coefficient (Wildman–Crippen LogP) is 4.59. The van der Waals surface area contributed by atoms with Crippen LogP contribution in [0.2, 0.25) is 5.02 Å². The molecule has 146 valence electrons. The molecule has 4 rings (SSSR count). The summed E-state index contributed by atoms with van der Waals surface area (Å²) in [5.74, 6) is 0.452. The lowest BCUT2D eigenvalue weighted by atomic mass is 9.97. The molecule has 0 spiro atoms. The lowest BCUT2D eigenvalue weighted by Crippen LogP contribution is -2.41. The topological polar surface area (TPSA) is 81.9 Å². The highest BCUT2D eigenvalue weighted by Crippen LogP contribution is 2.27. The molecule has 3 heterocycles. The third kappa shape index (κ3) is 4.39. The van der Waals surface area contributed by atoms with Crippen molar-refractivity contribution in [2.45, 2.75) is 12.8 Å². The smallest absolute Gasteiger partial charge is 0.229 e. The fraction of sp³-hybridized carbons (Fsp3) is 0.238. The quantitative estimate of drug-likeness (QED) is 0.663. The van der Waals surface area contributed by atoms with Crippen LogP contribution in [0.25, 0.3) is 10.6 Å². The molecule has 1 N–H and O–H groups in total. The SMILES string of the molecule is N#Cc1ccc(Cl)cc1NC(=O)C1CCCN(c2ccc(-c3cccs3)nn2)C1. The molecule has 0 bridgehead atoms. The maximum absolute atomic E-state index is 12.8. The van der Waals surface area contributed by atoms with Crippen LogP contribution < -0.4 is 10.2 Å². The number of halogens is 1. The molecule has 1 saturated heterocycles. The Hall–Kier alpha value is -2.95. The standard InChI is InChI=1S/C21H18ClN5OS/c22-16-6-5-14(12-23)18(11-16)24-21(28)15-3-1-9-27(13-15)20-8-7-17(25-26-20)19-4-2-10-29-19/h2,4-8,10-11,15H,1,3,9,13H2,(H,24,28). The second-order valence-corrected chi connectivity index (χ2v) is 8.21. The molecule has 1 atom stereocenters. The van der Waals surface area contributed by atoms with Crippen LogP contribution in [0.4, 0.5) is 11.5 Å². The van der Waals surface area contributed by atoms with Crippen LogP contribution in [0, 0.1) is 17.2 Å². The van der Waals surface area contributed by atoms with Gasteiger partial charge in [0.2, 0.25) is 5.91 Å². The van der Waals surface area contributed by atoms with Gasteiger partial charge < -0.3 is 10.2 Å². The second kappa shape index (κ2) is 8.60. The maximum Gasteiger partial charge on any atom is 0.229 e. The van der Waals surface area contributed by atoms with Gasteiger partial charge in [0.25, 0.3) is 0 Å². The van der Waals surface area contributed by atoms with Gasteiger partial charge in [-0.15, -0.1) is 21.5 Å². The molecule has 0 aliphatic carbocycles. The molecule has 1 aromatic carbocycles. The first kappa shape index (κ1) is 19.4. The molecule has 0 saturated carbocycles. The van der Waals surface area contributed by atoms with E-state index in [-0.39, 0.29) is 11.8 Å². The summed E-state index contributed by atoms with van der Waals surface area (Å²) in [5, 5.41) is 23.3. The molecule has 1 aliphatic rings. The van der Waals surface area contributed by atoms with Crippen LogP contribution in [0.1, 0.15) is 18.4 Å². The summed E-state index contributed by atoms with van der Waals surface area (Å²) >= 11 is 7.64. The highest BCUT2D eigenvalue weighted by molar-refractivity contribution is 7.13. The number of anilines is 2. The molecular weight excluding hydrogens is 406 g/mol. The number of nitrogens with one attached hydrogen (secondary N) is 1. The lowest BCUT2D eigenvalue weighted by Gasteiger charge is -2.32. The Morgan fingerprint density at radius 3 is 2.90 bits per heavy atom. The number of carbonyl (C=O) groups excluding carboxylic acids is 1. The van der Waals surface area contributed by atoms with Crippen LogP contribution in [0.15, 0.2) is 47.8 Å². The average Bonchev–Trinajstić information content (AvgIpc) is 3.29. The van der Waals surface area contributed by atoms with E-state index in [1.54, 1.807) is 29.5 Å². The summed E-state index contributed by atoms with van der Waals surface area (Å²) in [7, 11) is 0. The zero-order valence-electron chi connectivity index (χ0n) is 15.5. The molecule has 0 radical (unpaired) electrons. The molecule has 8 heteroatoms. The maximum atomic E-state index is 12.8. The Kier molecular flexibility index (Phi) is 5.74. The van der Waals surface area contributed by atoms with Crippen molar-refractivity contribution >= 4 is 40.4 Å². The molecule has 2 aromatic heterocycles. The van der Waals surface area contributed by atoms with Crippen LogP contribution in [0.3, 0.4) is 0 Å². The third-order valence-corrected chi connectivity index (χ3v) is 6.03. The number of benzene rings is 1. The van der Waals surface area contributed by atoms with E-state index in [2.05, 4.69) is 26.5 Å². The molecule has 29 heavy (non-hydrogen) atoms. The Morgan fingerprint density at radius 2 is 2.17 bits per heavy atom. The normalized spacial score (nSPS) is 16.3. The van der Waals surface area contributed by atoms with Gasteiger partial charge in [0.1, 0.15) is 11.8 Å². The molecule has 1 unspecified atom stereocenters. The van der Waals surface area contributed by atoms with E-state index in [1.807, 2.05) is 29.6 Å². The van der Waals surface area contributed by atoms with E-state index in [4.69, 9.17) is 11.6 Å². The minimum Gasteiger partial charge on any atom is -0.354 e. The fourth-order valence-corrected chi connectivity index (χ4v) is 4.26. The fourth-order valence-electron chi connectivity index (χ4n) is 3.40. The number of nitriles is 1. The number of aromatic nitrogens is 2. The Morgan fingerprint density at radius 1 is 1.28 bits per heavy atom. The van der Waals surface area contributed by atoms with Gasteiger partial charge in [0.15, 0.2) is 5.82 Å². The first-order valence-corrected chi connectivity index (χ1v) is 10.5. The highest BCUT2D eigenvalue weighted by atomic mass is 35.5. The zero-order valence-corrected chi connectivity index (χ0v) is 17.1. The Balaban J connectivity index is 1.45. The Labute approximate surface area is 177 Å². The number of amides is 1. The van der Waals surface area contributed by atoms with E-state index in [0.717, 1.165) is 35.8 Å². The van der Waals surface area contributed by atoms with E-state index < -0.39 is 0 Å². The molecular formula is C21H18ClN5OS. The summed E-state index contributed by atoms with van der Waals surface area (Å²) in [6.45, 7) is 1.39. The van der Waals surface area contributed by atoms with Crippen molar-refractivity contribution in [1.82, 2.24) is 10.2 Å². The van der Waals surface area contributed by atoms with Crippen molar-refractivity contribution < 1.29 is 4.79 Å². The van der Waals surface area contributed by atoms with Gasteiger partial charge in [-0.25, -0.2) is 0 Å². The van der Waals surface area contributed by atoms with Crippen LogP contribution in [-0.4, -0.2) is 29.2 Å². The number of nitrogens with zero attached hydrogens (tertiary/aromatic N) is 4. The van der Waals surface area contributed by atoms with E-state index in [1.165, 1.54) is 0 Å². The van der Waals surface area contributed by atoms with Crippen molar-refractivity contribution in [2.75, 3.05) is 23.3 Å². The van der Waals surface area contributed by atoms with Gasteiger partial charge in [-0.1, -0.05) is 17.7 Å². The zero-order chi connectivity index (χ0) is 20.2. The molecule has 3 aromatic rings. The van der Waals surface area contributed by atoms with E-state index >= 15 is 0 Å². The lowest BCUT2D eigenvalue weighted by molar-refractivity contribution is -0.120. The van der Waals surface area contributed by atoms with E-state index in [0.29, 0.717) is 22.8 Å². The van der Waals surface area contributed by atoms with E-state index in [9.17, 15) is 10.1 Å². The summed E-state index contributed by atoms with van der Waals surface area (Å²) in [6.07, 6.45) is 1.67. The summed E-state index contributed by atoms with van der Waals surface area (Å²) in [5.41, 5.74) is 1.69. The van der Waals surface area contributed by atoms with Gasteiger partial charge in [-0.3, -0.25) is 4.79 Å². The average molecular weight is 424 g/mol. The van der Waals surface area contributed by atoms with Crippen molar-refractivity contribution in [3.8, 4) is 16.6 Å². The van der Waals surface area contributed by atoms with Gasteiger partial charge >= 0.3 is 0 Å². The van der Waals surface area contributed by atoms with Crippen molar-refractivity contribution in [1.29, 1.82) is 5.26 Å². The Bertz CT molecular complexity index is 1050. The number of hydrogen-bond acceptors (Lipinski definition) is 6.